The number of hydrogen-bond donors (Lipinski definition) is 2. The third-order valence-electron chi connectivity index (χ3n) is 7.10. The SMILES string of the molecule is CN1Cc2cc(C3N=C(C#N)c4cc(Oc5ccc(NC(=O)[C@@H]6CCCN6)cc5)ccc43)ccc2C1=O. The third-order valence-corrected chi connectivity index (χ3v) is 7.10. The molecule has 2 atom stereocenters. The molecule has 6 rings (SSSR count). The molecule has 3 aliphatic heterocycles. The maximum Gasteiger partial charge on any atom is 0.254 e. The van der Waals surface area contributed by atoms with E-state index in [9.17, 15) is 14.9 Å². The largest absolute Gasteiger partial charge is 0.457 e. The number of hydrogen-bond acceptors (Lipinski definition) is 6. The fourth-order valence-corrected chi connectivity index (χ4v) is 5.19. The molecule has 2 amide bonds. The van der Waals surface area contributed by atoms with E-state index < -0.39 is 0 Å². The molecule has 0 aliphatic carbocycles. The van der Waals surface area contributed by atoms with Gasteiger partial charge >= 0.3 is 0 Å². The van der Waals surface area contributed by atoms with Crippen LogP contribution in [0.15, 0.2) is 65.7 Å². The molecule has 3 aromatic rings. The van der Waals surface area contributed by atoms with Gasteiger partial charge in [-0.3, -0.25) is 14.6 Å². The predicted molar refractivity (Wildman–Crippen MR) is 139 cm³/mol. The molecule has 0 spiro atoms. The van der Waals surface area contributed by atoms with E-state index >= 15 is 0 Å². The Labute approximate surface area is 214 Å². The summed E-state index contributed by atoms with van der Waals surface area (Å²) in [7, 11) is 1.79. The Balaban J connectivity index is 1.19. The average Bonchev–Trinajstić information content (AvgIpc) is 3.63. The molecule has 8 heteroatoms. The van der Waals surface area contributed by atoms with E-state index in [1.54, 1.807) is 24.1 Å². The molecule has 0 radical (unpaired) electrons. The fraction of sp³-hybridized carbons (Fsp3) is 0.241. The summed E-state index contributed by atoms with van der Waals surface area (Å²) in [5.41, 5.74) is 5.39. The highest BCUT2D eigenvalue weighted by molar-refractivity contribution is 6.15. The van der Waals surface area contributed by atoms with Gasteiger partial charge < -0.3 is 20.3 Å². The van der Waals surface area contributed by atoms with E-state index in [1.165, 1.54) is 0 Å². The van der Waals surface area contributed by atoms with Crippen molar-refractivity contribution in [2.45, 2.75) is 31.5 Å². The summed E-state index contributed by atoms with van der Waals surface area (Å²) in [6, 6.07) is 20.4. The van der Waals surface area contributed by atoms with Crippen LogP contribution in [-0.4, -0.2) is 42.1 Å². The maximum atomic E-state index is 12.3. The lowest BCUT2D eigenvalue weighted by Gasteiger charge is -2.13. The Kier molecular flexibility index (Phi) is 5.70. The van der Waals surface area contributed by atoms with Crippen LogP contribution in [0.3, 0.4) is 0 Å². The molecule has 0 bridgehead atoms. The molecule has 8 nitrogen and oxygen atoms in total. The molecule has 1 fully saturated rings. The van der Waals surface area contributed by atoms with Crippen LogP contribution < -0.4 is 15.4 Å². The highest BCUT2D eigenvalue weighted by atomic mass is 16.5. The van der Waals surface area contributed by atoms with E-state index in [2.05, 4.69) is 21.7 Å². The molecule has 0 saturated carbocycles. The lowest BCUT2D eigenvalue weighted by atomic mass is 9.94. The number of aliphatic imine (C=N–C) groups is 1. The van der Waals surface area contributed by atoms with Crippen LogP contribution in [0.1, 0.15) is 51.5 Å². The molecule has 184 valence electrons. The van der Waals surface area contributed by atoms with Crippen LogP contribution >= 0.6 is 0 Å². The topological polar surface area (TPSA) is 107 Å². The smallest absolute Gasteiger partial charge is 0.254 e. The van der Waals surface area contributed by atoms with Crippen molar-refractivity contribution in [2.24, 2.45) is 4.99 Å². The number of carbonyl (C=O) groups is 2. The quantitative estimate of drug-likeness (QED) is 0.557. The lowest BCUT2D eigenvalue weighted by Crippen LogP contribution is -2.35. The summed E-state index contributed by atoms with van der Waals surface area (Å²) < 4.78 is 6.05. The first-order valence-corrected chi connectivity index (χ1v) is 12.3. The van der Waals surface area contributed by atoms with Gasteiger partial charge in [0.25, 0.3) is 5.91 Å². The second kappa shape index (κ2) is 9.19. The number of amides is 2. The first kappa shape index (κ1) is 23.0. The van der Waals surface area contributed by atoms with Gasteiger partial charge in [-0.15, -0.1) is 0 Å². The van der Waals surface area contributed by atoms with Crippen LogP contribution in [0, 0.1) is 11.3 Å². The van der Waals surface area contributed by atoms with Crippen LogP contribution in [0.25, 0.3) is 0 Å². The molecular formula is C29H25N5O3. The first-order chi connectivity index (χ1) is 18.0. The summed E-state index contributed by atoms with van der Waals surface area (Å²) in [6.07, 6.45) is 1.86. The van der Waals surface area contributed by atoms with E-state index in [1.807, 2.05) is 48.5 Å². The third kappa shape index (κ3) is 4.24. The van der Waals surface area contributed by atoms with Crippen LogP contribution in [-0.2, 0) is 11.3 Å². The minimum atomic E-state index is -0.303. The summed E-state index contributed by atoms with van der Waals surface area (Å²) in [4.78, 5) is 30.9. The number of carbonyl (C=O) groups excluding carboxylic acids is 2. The zero-order chi connectivity index (χ0) is 25.5. The van der Waals surface area contributed by atoms with Gasteiger partial charge in [0.2, 0.25) is 5.91 Å². The predicted octanol–water partition coefficient (Wildman–Crippen LogP) is 4.17. The lowest BCUT2D eigenvalue weighted by molar-refractivity contribution is -0.117. The number of fused-ring (bicyclic) bond motifs is 2. The number of nitriles is 1. The number of nitrogens with zero attached hydrogens (tertiary/aromatic N) is 3. The molecular weight excluding hydrogens is 466 g/mol. The van der Waals surface area contributed by atoms with Crippen LogP contribution in [0.2, 0.25) is 0 Å². The van der Waals surface area contributed by atoms with Crippen molar-refractivity contribution in [3.63, 3.8) is 0 Å². The molecule has 3 aromatic carbocycles. The molecule has 3 heterocycles. The van der Waals surface area contributed by atoms with Crippen LogP contribution in [0.4, 0.5) is 5.69 Å². The van der Waals surface area contributed by atoms with E-state index in [0.29, 0.717) is 29.4 Å². The van der Waals surface area contributed by atoms with Gasteiger partial charge in [-0.05, 0) is 78.5 Å². The second-order valence-electron chi connectivity index (χ2n) is 9.58. The molecule has 2 N–H and O–H groups in total. The first-order valence-electron chi connectivity index (χ1n) is 12.3. The number of rotatable bonds is 5. The Morgan fingerprint density at radius 2 is 1.92 bits per heavy atom. The summed E-state index contributed by atoms with van der Waals surface area (Å²) in [5, 5.41) is 15.9. The highest BCUT2D eigenvalue weighted by Gasteiger charge is 2.30. The van der Waals surface area contributed by atoms with Crippen molar-refractivity contribution in [1.29, 1.82) is 5.26 Å². The Bertz CT molecular complexity index is 1480. The normalized spacial score (nSPS) is 19.7. The minimum Gasteiger partial charge on any atom is -0.457 e. The molecule has 37 heavy (non-hydrogen) atoms. The molecule has 3 aliphatic rings. The van der Waals surface area contributed by atoms with Gasteiger partial charge in [0.1, 0.15) is 29.3 Å². The minimum absolute atomic E-state index is 0.0235. The number of anilines is 1. The van der Waals surface area contributed by atoms with E-state index in [-0.39, 0.29) is 23.9 Å². The zero-order valence-corrected chi connectivity index (χ0v) is 20.3. The number of nitrogens with one attached hydrogen (secondary N) is 2. The molecule has 1 saturated heterocycles. The molecule has 1 unspecified atom stereocenters. The monoisotopic (exact) mass is 491 g/mol. The van der Waals surface area contributed by atoms with Crippen molar-refractivity contribution in [1.82, 2.24) is 10.2 Å². The summed E-state index contributed by atoms with van der Waals surface area (Å²) in [5.74, 6) is 1.21. The number of benzene rings is 3. The van der Waals surface area contributed by atoms with E-state index in [4.69, 9.17) is 4.74 Å². The molecule has 0 aromatic heterocycles. The second-order valence-corrected chi connectivity index (χ2v) is 9.58. The Morgan fingerprint density at radius 1 is 1.11 bits per heavy atom. The summed E-state index contributed by atoms with van der Waals surface area (Å²) in [6.45, 7) is 1.44. The Morgan fingerprint density at radius 3 is 2.68 bits per heavy atom. The van der Waals surface area contributed by atoms with Gasteiger partial charge in [0, 0.05) is 30.4 Å². The highest BCUT2D eigenvalue weighted by Crippen LogP contribution is 2.39. The summed E-state index contributed by atoms with van der Waals surface area (Å²) >= 11 is 0. The number of ether oxygens (including phenoxy) is 1. The van der Waals surface area contributed by atoms with Crippen molar-refractivity contribution in [3.05, 3.63) is 88.5 Å². The van der Waals surface area contributed by atoms with Gasteiger partial charge in [-0.1, -0.05) is 18.2 Å². The maximum absolute atomic E-state index is 12.3. The van der Waals surface area contributed by atoms with Gasteiger partial charge in [-0.2, -0.15) is 5.26 Å². The van der Waals surface area contributed by atoms with Crippen molar-refractivity contribution in [2.75, 3.05) is 18.9 Å². The average molecular weight is 492 g/mol. The van der Waals surface area contributed by atoms with Crippen molar-refractivity contribution < 1.29 is 14.3 Å². The fourth-order valence-electron chi connectivity index (χ4n) is 5.19. The van der Waals surface area contributed by atoms with Gasteiger partial charge in [0.05, 0.1) is 6.04 Å². The zero-order valence-electron chi connectivity index (χ0n) is 20.3. The standard InChI is InChI=1S/C29H25N5O3/c1-34-16-18-13-17(4-10-22(18)29(34)36)27-23-11-9-21(14-24(23)26(15-30)33-27)37-20-7-5-19(6-8-20)32-28(35)25-3-2-12-31-25/h4-11,13-14,25,27,31H,2-3,12,16H2,1H3,(H,32,35)/t25-,27?/m0/s1. The Hall–Kier alpha value is -4.48. The van der Waals surface area contributed by atoms with Crippen molar-refractivity contribution >= 4 is 23.2 Å². The van der Waals surface area contributed by atoms with E-state index in [0.717, 1.165) is 47.2 Å². The van der Waals surface area contributed by atoms with Crippen molar-refractivity contribution in [3.8, 4) is 17.6 Å². The van der Waals surface area contributed by atoms with Gasteiger partial charge in [0.15, 0.2) is 0 Å². The van der Waals surface area contributed by atoms with Crippen LogP contribution in [0.5, 0.6) is 11.5 Å². The van der Waals surface area contributed by atoms with Gasteiger partial charge in [-0.25, -0.2) is 0 Å².